The predicted molar refractivity (Wildman–Crippen MR) is 67.4 cm³/mol. The van der Waals surface area contributed by atoms with E-state index in [1.54, 1.807) is 19.4 Å². The second kappa shape index (κ2) is 6.65. The molecule has 0 saturated carbocycles. The third-order valence-corrected chi connectivity index (χ3v) is 2.58. The number of nitrogens with zero attached hydrogens (tertiary/aromatic N) is 3. The fraction of sp³-hybridized carbons (Fsp3) is 0.600. The van der Waals surface area contributed by atoms with Crippen molar-refractivity contribution in [3.05, 3.63) is 22.6 Å². The lowest BCUT2D eigenvalue weighted by Crippen LogP contribution is -2.27. The lowest BCUT2D eigenvalue weighted by Gasteiger charge is -2.18. The summed E-state index contributed by atoms with van der Waals surface area (Å²) in [5.41, 5.74) is 0.731. The Bertz CT molecular complexity index is 381. The highest BCUT2D eigenvalue weighted by Crippen LogP contribution is 2.06. The molecule has 6 heteroatoms. The van der Waals surface area contributed by atoms with Crippen molar-refractivity contribution in [2.75, 3.05) is 37.5 Å². The molecular weight excluding hydrogens is 274 g/mol. The van der Waals surface area contributed by atoms with Gasteiger partial charge in [0.1, 0.15) is 0 Å². The molecule has 0 aliphatic rings. The molecule has 0 bridgehead atoms. The van der Waals surface area contributed by atoms with E-state index >= 15 is 0 Å². The SMILES string of the molecule is COCCN(C)c1cnn(CCBr)c(=O)c1. The van der Waals surface area contributed by atoms with E-state index in [1.807, 2.05) is 11.9 Å². The Kier molecular flexibility index (Phi) is 5.48. The Morgan fingerprint density at radius 3 is 2.94 bits per heavy atom. The molecule has 0 saturated heterocycles. The molecule has 0 atom stereocenters. The smallest absolute Gasteiger partial charge is 0.268 e. The van der Waals surface area contributed by atoms with Gasteiger partial charge in [0.25, 0.3) is 5.56 Å². The van der Waals surface area contributed by atoms with Crippen molar-refractivity contribution in [2.45, 2.75) is 6.54 Å². The van der Waals surface area contributed by atoms with Crippen LogP contribution in [0.15, 0.2) is 17.1 Å². The van der Waals surface area contributed by atoms with Gasteiger partial charge < -0.3 is 9.64 Å². The number of aryl methyl sites for hydroxylation is 1. The van der Waals surface area contributed by atoms with E-state index in [1.165, 1.54) is 4.68 Å². The van der Waals surface area contributed by atoms with Crippen LogP contribution in [0.4, 0.5) is 5.69 Å². The maximum Gasteiger partial charge on any atom is 0.268 e. The van der Waals surface area contributed by atoms with Gasteiger partial charge in [-0.2, -0.15) is 5.10 Å². The van der Waals surface area contributed by atoms with Crippen LogP contribution < -0.4 is 10.5 Å². The van der Waals surface area contributed by atoms with E-state index in [2.05, 4.69) is 21.0 Å². The summed E-state index contributed by atoms with van der Waals surface area (Å²) in [6, 6.07) is 1.59. The highest BCUT2D eigenvalue weighted by Gasteiger charge is 2.03. The molecule has 90 valence electrons. The number of likely N-dealkylation sites (N-methyl/N-ethyl adjacent to an activating group) is 1. The lowest BCUT2D eigenvalue weighted by atomic mass is 10.4. The van der Waals surface area contributed by atoms with E-state index in [9.17, 15) is 4.79 Å². The maximum absolute atomic E-state index is 11.6. The minimum absolute atomic E-state index is 0.0822. The number of hydrogen-bond acceptors (Lipinski definition) is 4. The Balaban J connectivity index is 2.76. The van der Waals surface area contributed by atoms with Gasteiger partial charge in [0.05, 0.1) is 25.0 Å². The normalized spacial score (nSPS) is 10.4. The summed E-state index contributed by atoms with van der Waals surface area (Å²) in [5.74, 6) is 0. The highest BCUT2D eigenvalue weighted by atomic mass is 79.9. The van der Waals surface area contributed by atoms with E-state index in [0.29, 0.717) is 13.2 Å². The van der Waals surface area contributed by atoms with Crippen LogP contribution in [0.25, 0.3) is 0 Å². The Labute approximate surface area is 103 Å². The zero-order valence-corrected chi connectivity index (χ0v) is 11.1. The van der Waals surface area contributed by atoms with Crippen LogP contribution in [0.1, 0.15) is 0 Å². The van der Waals surface area contributed by atoms with Crippen LogP contribution in [0.2, 0.25) is 0 Å². The number of halogens is 1. The summed E-state index contributed by atoms with van der Waals surface area (Å²) in [4.78, 5) is 13.6. The first-order chi connectivity index (χ1) is 7.69. The number of hydrogen-bond donors (Lipinski definition) is 0. The Hall–Kier alpha value is -0.880. The number of alkyl halides is 1. The van der Waals surface area contributed by atoms with Crippen LogP contribution in [-0.4, -0.2) is 42.4 Å². The summed E-state index contributed by atoms with van der Waals surface area (Å²) < 4.78 is 6.41. The standard InChI is InChI=1S/C10H16BrN3O2/c1-13(5-6-16-2)9-7-10(15)14(4-3-11)12-8-9/h7-8H,3-6H2,1-2H3. The van der Waals surface area contributed by atoms with Crippen molar-refractivity contribution in [3.8, 4) is 0 Å². The Morgan fingerprint density at radius 1 is 1.62 bits per heavy atom. The topological polar surface area (TPSA) is 47.4 Å². The van der Waals surface area contributed by atoms with Crippen molar-refractivity contribution >= 4 is 21.6 Å². The van der Waals surface area contributed by atoms with Crippen LogP contribution in [-0.2, 0) is 11.3 Å². The molecule has 0 N–H and O–H groups in total. The second-order valence-electron chi connectivity index (χ2n) is 3.38. The molecule has 0 aliphatic heterocycles. The van der Waals surface area contributed by atoms with Crippen LogP contribution in [0.3, 0.4) is 0 Å². The first-order valence-electron chi connectivity index (χ1n) is 5.02. The molecular formula is C10H16BrN3O2. The molecule has 1 aromatic heterocycles. The quantitative estimate of drug-likeness (QED) is 0.724. The van der Waals surface area contributed by atoms with Crippen LogP contribution in [0, 0.1) is 0 Å². The van der Waals surface area contributed by atoms with Gasteiger partial charge in [-0.05, 0) is 0 Å². The minimum atomic E-state index is -0.0822. The van der Waals surface area contributed by atoms with Gasteiger partial charge in [0.2, 0.25) is 0 Å². The van der Waals surface area contributed by atoms with E-state index in [0.717, 1.165) is 17.6 Å². The predicted octanol–water partition coefficient (Wildman–Crippen LogP) is 0.721. The molecule has 5 nitrogen and oxygen atoms in total. The molecule has 0 aliphatic carbocycles. The fourth-order valence-corrected chi connectivity index (χ4v) is 1.57. The van der Waals surface area contributed by atoms with Gasteiger partial charge in [0.15, 0.2) is 0 Å². The number of methoxy groups -OCH3 is 1. The van der Waals surface area contributed by atoms with Crippen molar-refractivity contribution < 1.29 is 4.74 Å². The molecule has 0 unspecified atom stereocenters. The molecule has 1 aromatic rings. The average molecular weight is 290 g/mol. The monoisotopic (exact) mass is 289 g/mol. The van der Waals surface area contributed by atoms with Gasteiger partial charge in [-0.25, -0.2) is 4.68 Å². The molecule has 0 fully saturated rings. The first kappa shape index (κ1) is 13.2. The van der Waals surface area contributed by atoms with Crippen molar-refractivity contribution in [2.24, 2.45) is 0 Å². The van der Waals surface area contributed by atoms with E-state index < -0.39 is 0 Å². The summed E-state index contributed by atoms with van der Waals surface area (Å²) in [5, 5.41) is 4.81. The van der Waals surface area contributed by atoms with Gasteiger partial charge in [0, 0.05) is 32.1 Å². The zero-order valence-electron chi connectivity index (χ0n) is 9.52. The van der Waals surface area contributed by atoms with Crippen LogP contribution in [0.5, 0.6) is 0 Å². The summed E-state index contributed by atoms with van der Waals surface area (Å²) >= 11 is 3.28. The third kappa shape index (κ3) is 3.61. The largest absolute Gasteiger partial charge is 0.383 e. The third-order valence-electron chi connectivity index (χ3n) is 2.22. The number of aromatic nitrogens is 2. The molecule has 0 radical (unpaired) electrons. The molecule has 0 amide bonds. The first-order valence-corrected chi connectivity index (χ1v) is 6.14. The molecule has 1 heterocycles. The number of ether oxygens (including phenoxy) is 1. The van der Waals surface area contributed by atoms with Gasteiger partial charge in [-0.1, -0.05) is 15.9 Å². The van der Waals surface area contributed by atoms with Gasteiger partial charge in [-0.3, -0.25) is 4.79 Å². The fourth-order valence-electron chi connectivity index (χ4n) is 1.24. The average Bonchev–Trinajstić information content (AvgIpc) is 2.29. The summed E-state index contributed by atoms with van der Waals surface area (Å²) in [6.45, 7) is 1.95. The second-order valence-corrected chi connectivity index (χ2v) is 4.17. The highest BCUT2D eigenvalue weighted by molar-refractivity contribution is 9.09. The zero-order chi connectivity index (χ0) is 12.0. The molecule has 16 heavy (non-hydrogen) atoms. The molecule has 1 rings (SSSR count). The van der Waals surface area contributed by atoms with Gasteiger partial charge in [-0.15, -0.1) is 0 Å². The van der Waals surface area contributed by atoms with E-state index in [-0.39, 0.29) is 5.56 Å². The number of anilines is 1. The molecule has 0 spiro atoms. The van der Waals surface area contributed by atoms with Crippen molar-refractivity contribution in [1.29, 1.82) is 0 Å². The van der Waals surface area contributed by atoms with Gasteiger partial charge >= 0.3 is 0 Å². The van der Waals surface area contributed by atoms with Crippen molar-refractivity contribution in [1.82, 2.24) is 9.78 Å². The number of rotatable bonds is 6. The summed E-state index contributed by atoms with van der Waals surface area (Å²) in [6.07, 6.45) is 1.69. The van der Waals surface area contributed by atoms with Crippen molar-refractivity contribution in [3.63, 3.8) is 0 Å². The lowest BCUT2D eigenvalue weighted by molar-refractivity contribution is 0.206. The maximum atomic E-state index is 11.6. The molecule has 0 aromatic carbocycles. The van der Waals surface area contributed by atoms with E-state index in [4.69, 9.17) is 4.74 Å². The summed E-state index contributed by atoms with van der Waals surface area (Å²) in [7, 11) is 3.56. The van der Waals surface area contributed by atoms with Crippen LogP contribution >= 0.6 is 15.9 Å². The Morgan fingerprint density at radius 2 is 2.38 bits per heavy atom. The minimum Gasteiger partial charge on any atom is -0.383 e.